The van der Waals surface area contributed by atoms with Gasteiger partial charge in [-0.2, -0.15) is 0 Å². The summed E-state index contributed by atoms with van der Waals surface area (Å²) in [5.74, 6) is 2.10. The number of tetrazole rings is 1. The molecule has 4 aromatic rings. The number of ether oxygens (including phenoxy) is 2. The summed E-state index contributed by atoms with van der Waals surface area (Å²) < 4.78 is 12.8. The van der Waals surface area contributed by atoms with E-state index in [9.17, 15) is 4.79 Å². The number of benzene rings is 3. The SMILES string of the molecule is CCOc1ccc(Oc2ccc(NC(=O)Cc3ccc(-n4cnnn4)cc3)cc2)cc1. The lowest BCUT2D eigenvalue weighted by molar-refractivity contribution is -0.115. The van der Waals surface area contributed by atoms with E-state index in [1.165, 1.54) is 6.33 Å². The number of aromatic nitrogens is 4. The molecule has 4 rings (SSSR count). The average molecular weight is 415 g/mol. The van der Waals surface area contributed by atoms with Crippen LogP contribution in [0.2, 0.25) is 0 Å². The first-order valence-electron chi connectivity index (χ1n) is 9.82. The zero-order chi connectivity index (χ0) is 21.5. The zero-order valence-electron chi connectivity index (χ0n) is 16.9. The molecule has 1 aromatic heterocycles. The minimum absolute atomic E-state index is 0.102. The number of hydrogen-bond donors (Lipinski definition) is 1. The molecule has 0 radical (unpaired) electrons. The highest BCUT2D eigenvalue weighted by Crippen LogP contribution is 2.25. The van der Waals surface area contributed by atoms with Crippen molar-refractivity contribution in [2.24, 2.45) is 0 Å². The number of carbonyl (C=O) groups excluding carboxylic acids is 1. The zero-order valence-corrected chi connectivity index (χ0v) is 16.9. The summed E-state index contributed by atoms with van der Waals surface area (Å²) in [6.45, 7) is 2.57. The minimum atomic E-state index is -0.102. The lowest BCUT2D eigenvalue weighted by atomic mass is 10.1. The number of amides is 1. The van der Waals surface area contributed by atoms with Crippen LogP contribution in [0.25, 0.3) is 5.69 Å². The van der Waals surface area contributed by atoms with Gasteiger partial charge in [0.05, 0.1) is 18.7 Å². The van der Waals surface area contributed by atoms with Gasteiger partial charge in [-0.1, -0.05) is 12.1 Å². The smallest absolute Gasteiger partial charge is 0.228 e. The number of hydrogen-bond acceptors (Lipinski definition) is 6. The van der Waals surface area contributed by atoms with Crippen LogP contribution in [0.15, 0.2) is 79.1 Å². The van der Waals surface area contributed by atoms with Gasteiger partial charge in [0, 0.05) is 5.69 Å². The molecule has 0 aliphatic rings. The summed E-state index contributed by atoms with van der Waals surface area (Å²) in [6.07, 6.45) is 1.78. The molecule has 0 fully saturated rings. The maximum Gasteiger partial charge on any atom is 0.228 e. The van der Waals surface area contributed by atoms with Crippen molar-refractivity contribution < 1.29 is 14.3 Å². The minimum Gasteiger partial charge on any atom is -0.494 e. The molecule has 8 nitrogen and oxygen atoms in total. The van der Waals surface area contributed by atoms with Crippen LogP contribution in [0.1, 0.15) is 12.5 Å². The second-order valence-electron chi connectivity index (χ2n) is 6.68. The van der Waals surface area contributed by atoms with Gasteiger partial charge in [-0.15, -0.1) is 5.10 Å². The first-order chi connectivity index (χ1) is 15.2. The number of nitrogens with one attached hydrogen (secondary N) is 1. The summed E-state index contributed by atoms with van der Waals surface area (Å²) in [7, 11) is 0. The van der Waals surface area contributed by atoms with Crippen LogP contribution in [0.3, 0.4) is 0 Å². The molecule has 0 saturated heterocycles. The van der Waals surface area contributed by atoms with Gasteiger partial charge in [-0.25, -0.2) is 4.68 Å². The van der Waals surface area contributed by atoms with Crippen LogP contribution in [0.4, 0.5) is 5.69 Å². The summed E-state index contributed by atoms with van der Waals surface area (Å²) in [5.41, 5.74) is 2.43. The van der Waals surface area contributed by atoms with Gasteiger partial charge in [-0.3, -0.25) is 4.79 Å². The highest BCUT2D eigenvalue weighted by molar-refractivity contribution is 5.92. The van der Waals surface area contributed by atoms with Crippen LogP contribution in [0, 0.1) is 0 Å². The Morgan fingerprint density at radius 2 is 1.55 bits per heavy atom. The maximum absolute atomic E-state index is 12.4. The normalized spacial score (nSPS) is 10.5. The van der Waals surface area contributed by atoms with Crippen LogP contribution in [-0.4, -0.2) is 32.7 Å². The highest BCUT2D eigenvalue weighted by Gasteiger charge is 2.06. The summed E-state index contributed by atoms with van der Waals surface area (Å²) >= 11 is 0. The Bertz CT molecular complexity index is 1110. The third-order valence-corrected chi connectivity index (χ3v) is 4.42. The maximum atomic E-state index is 12.4. The first kappa shape index (κ1) is 20.1. The Balaban J connectivity index is 1.30. The van der Waals surface area contributed by atoms with E-state index < -0.39 is 0 Å². The third kappa shape index (κ3) is 5.45. The standard InChI is InChI=1S/C23H21N5O3/c1-2-30-20-11-13-22(14-12-20)31-21-9-5-18(6-10-21)25-23(29)15-17-3-7-19(8-4-17)28-16-24-26-27-28/h3-14,16H,2,15H2,1H3,(H,25,29). The Hall–Kier alpha value is -4.20. The predicted octanol–water partition coefficient (Wildman–Crippen LogP) is 4.03. The Morgan fingerprint density at radius 1 is 0.903 bits per heavy atom. The van der Waals surface area contributed by atoms with Crippen molar-refractivity contribution in [3.63, 3.8) is 0 Å². The van der Waals surface area contributed by atoms with Crippen LogP contribution < -0.4 is 14.8 Å². The van der Waals surface area contributed by atoms with E-state index in [2.05, 4.69) is 20.8 Å². The van der Waals surface area contributed by atoms with E-state index in [4.69, 9.17) is 9.47 Å². The molecule has 1 N–H and O–H groups in total. The Kier molecular flexibility index (Phi) is 6.18. The van der Waals surface area contributed by atoms with Gasteiger partial charge in [0.1, 0.15) is 23.6 Å². The molecule has 0 aliphatic carbocycles. The molecule has 0 saturated carbocycles. The largest absolute Gasteiger partial charge is 0.494 e. The topological polar surface area (TPSA) is 91.2 Å². The van der Waals surface area contributed by atoms with E-state index >= 15 is 0 Å². The molecular weight excluding hydrogens is 394 g/mol. The molecule has 0 spiro atoms. The molecule has 1 heterocycles. The van der Waals surface area contributed by atoms with Crippen molar-refractivity contribution in [2.75, 3.05) is 11.9 Å². The van der Waals surface area contributed by atoms with Crippen molar-refractivity contribution in [1.82, 2.24) is 20.2 Å². The molecule has 3 aromatic carbocycles. The van der Waals surface area contributed by atoms with Gasteiger partial charge in [0.25, 0.3) is 0 Å². The van der Waals surface area contributed by atoms with E-state index in [1.54, 1.807) is 4.68 Å². The summed E-state index contributed by atoms with van der Waals surface area (Å²) in [5, 5.41) is 14.0. The second kappa shape index (κ2) is 9.53. The summed E-state index contributed by atoms with van der Waals surface area (Å²) in [6, 6.07) is 22.2. The quantitative estimate of drug-likeness (QED) is 0.467. The molecule has 0 bridgehead atoms. The molecule has 156 valence electrons. The average Bonchev–Trinajstić information content (AvgIpc) is 3.32. The highest BCUT2D eigenvalue weighted by atomic mass is 16.5. The van der Waals surface area contributed by atoms with Crippen LogP contribution in [0.5, 0.6) is 17.2 Å². The van der Waals surface area contributed by atoms with Crippen LogP contribution >= 0.6 is 0 Å². The van der Waals surface area contributed by atoms with Gasteiger partial charge in [-0.05, 0) is 83.6 Å². The number of carbonyl (C=O) groups is 1. The lowest BCUT2D eigenvalue weighted by Gasteiger charge is -2.09. The van der Waals surface area contributed by atoms with E-state index in [0.29, 0.717) is 23.8 Å². The second-order valence-corrected chi connectivity index (χ2v) is 6.68. The first-order valence-corrected chi connectivity index (χ1v) is 9.82. The van der Waals surface area contributed by atoms with E-state index in [0.717, 1.165) is 17.0 Å². The van der Waals surface area contributed by atoms with Gasteiger partial charge in [0.15, 0.2) is 0 Å². The van der Waals surface area contributed by atoms with Crippen molar-refractivity contribution in [2.45, 2.75) is 13.3 Å². The van der Waals surface area contributed by atoms with Gasteiger partial charge in [0.2, 0.25) is 5.91 Å². The Labute approximate surface area is 179 Å². The number of nitrogens with zero attached hydrogens (tertiary/aromatic N) is 4. The van der Waals surface area contributed by atoms with E-state index in [1.807, 2.05) is 79.7 Å². The lowest BCUT2D eigenvalue weighted by Crippen LogP contribution is -2.14. The molecule has 0 unspecified atom stereocenters. The molecule has 0 aliphatic heterocycles. The van der Waals surface area contributed by atoms with Crippen molar-refractivity contribution >= 4 is 11.6 Å². The van der Waals surface area contributed by atoms with Crippen molar-refractivity contribution in [1.29, 1.82) is 0 Å². The number of rotatable bonds is 8. The third-order valence-electron chi connectivity index (χ3n) is 4.42. The fourth-order valence-corrected chi connectivity index (χ4v) is 2.95. The molecule has 8 heteroatoms. The predicted molar refractivity (Wildman–Crippen MR) is 116 cm³/mol. The fourth-order valence-electron chi connectivity index (χ4n) is 2.95. The fraction of sp³-hybridized carbons (Fsp3) is 0.130. The Morgan fingerprint density at radius 3 is 2.16 bits per heavy atom. The van der Waals surface area contributed by atoms with Crippen molar-refractivity contribution in [3.8, 4) is 22.9 Å². The molecular formula is C23H21N5O3. The van der Waals surface area contributed by atoms with Crippen molar-refractivity contribution in [3.05, 3.63) is 84.7 Å². The summed E-state index contributed by atoms with van der Waals surface area (Å²) in [4.78, 5) is 12.4. The molecule has 1 amide bonds. The van der Waals surface area contributed by atoms with Gasteiger partial charge < -0.3 is 14.8 Å². The molecule has 0 atom stereocenters. The number of anilines is 1. The monoisotopic (exact) mass is 415 g/mol. The molecule has 31 heavy (non-hydrogen) atoms. The van der Waals surface area contributed by atoms with Crippen LogP contribution in [-0.2, 0) is 11.2 Å². The van der Waals surface area contributed by atoms with Gasteiger partial charge >= 0.3 is 0 Å². The van der Waals surface area contributed by atoms with E-state index in [-0.39, 0.29) is 12.3 Å².